The maximum Gasteiger partial charge on any atom is 0.224 e. The molecule has 1 saturated carbocycles. The van der Waals surface area contributed by atoms with Crippen molar-refractivity contribution in [3.63, 3.8) is 0 Å². The first-order valence-corrected chi connectivity index (χ1v) is 9.33. The molecule has 1 aliphatic carbocycles. The molecule has 2 aliphatic rings. The van der Waals surface area contributed by atoms with E-state index in [9.17, 15) is 9.59 Å². The molecule has 0 unspecified atom stereocenters. The van der Waals surface area contributed by atoms with Gasteiger partial charge in [-0.25, -0.2) is 0 Å². The molecule has 5 heteroatoms. The lowest BCUT2D eigenvalue weighted by Crippen LogP contribution is -2.49. The Balaban J connectivity index is 1.48. The molecule has 0 bridgehead atoms. The van der Waals surface area contributed by atoms with Crippen LogP contribution in [0.2, 0.25) is 5.02 Å². The molecule has 1 aromatic carbocycles. The average molecular weight is 349 g/mol. The minimum Gasteiger partial charge on any atom is -0.355 e. The van der Waals surface area contributed by atoms with Gasteiger partial charge in [0.05, 0.1) is 5.92 Å². The third-order valence-electron chi connectivity index (χ3n) is 5.18. The lowest BCUT2D eigenvalue weighted by molar-refractivity contribution is -0.140. The van der Waals surface area contributed by atoms with Gasteiger partial charge in [-0.05, 0) is 43.4 Å². The van der Waals surface area contributed by atoms with Gasteiger partial charge >= 0.3 is 0 Å². The van der Waals surface area contributed by atoms with E-state index in [1.54, 1.807) is 0 Å². The standard InChI is InChI=1S/C19H25ClN2O2/c20-16-5-3-4-14(12-16)10-11-21-19(24)15-8-9-18(23)22(13-15)17-6-1-2-7-17/h3-5,12,15,17H,1-2,6-11,13H2,(H,21,24)/t15-/m0/s1. The molecule has 1 N–H and O–H groups in total. The number of rotatable bonds is 5. The van der Waals surface area contributed by atoms with Crippen LogP contribution in [-0.4, -0.2) is 35.8 Å². The molecule has 2 amide bonds. The number of amides is 2. The summed E-state index contributed by atoms with van der Waals surface area (Å²) in [5.74, 6) is 0.236. The van der Waals surface area contributed by atoms with E-state index >= 15 is 0 Å². The highest BCUT2D eigenvalue weighted by Crippen LogP contribution is 2.28. The summed E-state index contributed by atoms with van der Waals surface area (Å²) in [5.41, 5.74) is 1.12. The quantitative estimate of drug-likeness (QED) is 0.888. The molecule has 1 saturated heterocycles. The summed E-state index contributed by atoms with van der Waals surface area (Å²) in [7, 11) is 0. The number of hydrogen-bond acceptors (Lipinski definition) is 2. The first-order chi connectivity index (χ1) is 11.6. The Labute approximate surface area is 148 Å². The van der Waals surface area contributed by atoms with Crippen LogP contribution in [0.25, 0.3) is 0 Å². The predicted octanol–water partition coefficient (Wildman–Crippen LogP) is 3.18. The van der Waals surface area contributed by atoms with E-state index in [-0.39, 0.29) is 17.7 Å². The van der Waals surface area contributed by atoms with Crippen molar-refractivity contribution < 1.29 is 9.59 Å². The summed E-state index contributed by atoms with van der Waals surface area (Å²) < 4.78 is 0. The van der Waals surface area contributed by atoms with Crippen LogP contribution in [0.3, 0.4) is 0 Å². The Morgan fingerprint density at radius 3 is 2.79 bits per heavy atom. The van der Waals surface area contributed by atoms with Crippen molar-refractivity contribution >= 4 is 23.4 Å². The van der Waals surface area contributed by atoms with Gasteiger partial charge in [-0.3, -0.25) is 9.59 Å². The number of nitrogens with zero attached hydrogens (tertiary/aromatic N) is 1. The average Bonchev–Trinajstić information content (AvgIpc) is 3.09. The number of piperidine rings is 1. The van der Waals surface area contributed by atoms with Crippen molar-refractivity contribution in [3.8, 4) is 0 Å². The van der Waals surface area contributed by atoms with Gasteiger partial charge in [-0.2, -0.15) is 0 Å². The Morgan fingerprint density at radius 2 is 2.04 bits per heavy atom. The van der Waals surface area contributed by atoms with Gasteiger partial charge < -0.3 is 10.2 Å². The fourth-order valence-corrected chi connectivity index (χ4v) is 4.03. The van der Waals surface area contributed by atoms with Gasteiger partial charge in [0, 0.05) is 30.6 Å². The molecule has 0 spiro atoms. The zero-order valence-corrected chi connectivity index (χ0v) is 14.7. The lowest BCUT2D eigenvalue weighted by Gasteiger charge is -2.36. The highest BCUT2D eigenvalue weighted by Gasteiger charge is 2.34. The smallest absolute Gasteiger partial charge is 0.224 e. The summed E-state index contributed by atoms with van der Waals surface area (Å²) in [6.07, 6.45) is 6.53. The minimum absolute atomic E-state index is 0.0670. The van der Waals surface area contributed by atoms with Crippen LogP contribution < -0.4 is 5.32 Å². The van der Waals surface area contributed by atoms with Crippen LogP contribution in [0.4, 0.5) is 0 Å². The molecular formula is C19H25ClN2O2. The molecule has 130 valence electrons. The van der Waals surface area contributed by atoms with Crippen LogP contribution in [0.5, 0.6) is 0 Å². The molecule has 24 heavy (non-hydrogen) atoms. The van der Waals surface area contributed by atoms with Crippen molar-refractivity contribution in [2.75, 3.05) is 13.1 Å². The van der Waals surface area contributed by atoms with Crippen LogP contribution >= 0.6 is 11.6 Å². The highest BCUT2D eigenvalue weighted by molar-refractivity contribution is 6.30. The third-order valence-corrected chi connectivity index (χ3v) is 5.42. The molecule has 3 rings (SSSR count). The molecule has 1 atom stereocenters. The minimum atomic E-state index is -0.0670. The van der Waals surface area contributed by atoms with E-state index < -0.39 is 0 Å². The van der Waals surface area contributed by atoms with E-state index in [0.29, 0.717) is 32.0 Å². The number of hydrogen-bond donors (Lipinski definition) is 1. The first kappa shape index (κ1) is 17.3. The van der Waals surface area contributed by atoms with Gasteiger partial charge in [-0.1, -0.05) is 36.6 Å². The van der Waals surface area contributed by atoms with Crippen LogP contribution in [0.15, 0.2) is 24.3 Å². The molecule has 4 nitrogen and oxygen atoms in total. The number of benzene rings is 1. The highest BCUT2D eigenvalue weighted by atomic mass is 35.5. The largest absolute Gasteiger partial charge is 0.355 e. The topological polar surface area (TPSA) is 49.4 Å². The summed E-state index contributed by atoms with van der Waals surface area (Å²) >= 11 is 5.98. The van der Waals surface area contributed by atoms with Crippen molar-refractivity contribution in [2.45, 2.75) is 51.0 Å². The molecule has 2 fully saturated rings. The number of halogens is 1. The van der Waals surface area contributed by atoms with Crippen molar-refractivity contribution in [1.82, 2.24) is 10.2 Å². The van der Waals surface area contributed by atoms with E-state index in [4.69, 9.17) is 11.6 Å². The lowest BCUT2D eigenvalue weighted by atomic mass is 9.95. The second-order valence-corrected chi connectivity index (χ2v) is 7.33. The third kappa shape index (κ3) is 4.29. The Hall–Kier alpha value is -1.55. The maximum absolute atomic E-state index is 12.4. The monoisotopic (exact) mass is 348 g/mol. The van der Waals surface area contributed by atoms with Crippen molar-refractivity contribution in [2.24, 2.45) is 5.92 Å². The van der Waals surface area contributed by atoms with E-state index in [1.807, 2.05) is 29.2 Å². The van der Waals surface area contributed by atoms with E-state index in [2.05, 4.69) is 5.32 Å². The van der Waals surface area contributed by atoms with Crippen molar-refractivity contribution in [3.05, 3.63) is 34.9 Å². The number of likely N-dealkylation sites (tertiary alicyclic amines) is 1. The first-order valence-electron chi connectivity index (χ1n) is 8.95. The zero-order chi connectivity index (χ0) is 16.9. The predicted molar refractivity (Wildman–Crippen MR) is 94.9 cm³/mol. The molecule has 0 radical (unpaired) electrons. The normalized spacial score (nSPS) is 22.0. The summed E-state index contributed by atoms with van der Waals surface area (Å²) in [5, 5.41) is 3.75. The summed E-state index contributed by atoms with van der Waals surface area (Å²) in [6, 6.07) is 8.07. The Morgan fingerprint density at radius 1 is 1.25 bits per heavy atom. The Kier molecular flexibility index (Phi) is 5.77. The van der Waals surface area contributed by atoms with Gasteiger partial charge in [0.1, 0.15) is 0 Å². The number of carbonyl (C=O) groups excluding carboxylic acids is 2. The molecule has 1 heterocycles. The molecular weight excluding hydrogens is 324 g/mol. The van der Waals surface area contributed by atoms with Crippen molar-refractivity contribution in [1.29, 1.82) is 0 Å². The van der Waals surface area contributed by atoms with Gasteiger partial charge in [0.15, 0.2) is 0 Å². The second kappa shape index (κ2) is 8.02. The van der Waals surface area contributed by atoms with Gasteiger partial charge in [0.2, 0.25) is 11.8 Å². The molecule has 1 aliphatic heterocycles. The maximum atomic E-state index is 12.4. The van der Waals surface area contributed by atoms with E-state index in [1.165, 1.54) is 12.8 Å². The summed E-state index contributed by atoms with van der Waals surface area (Å²) in [6.45, 7) is 1.19. The van der Waals surface area contributed by atoms with Crippen LogP contribution in [0, 0.1) is 5.92 Å². The number of carbonyl (C=O) groups is 2. The fraction of sp³-hybridized carbons (Fsp3) is 0.579. The molecule has 0 aromatic heterocycles. The zero-order valence-electron chi connectivity index (χ0n) is 14.0. The van der Waals surface area contributed by atoms with Crippen LogP contribution in [-0.2, 0) is 16.0 Å². The molecule has 1 aromatic rings. The summed E-state index contributed by atoms with van der Waals surface area (Å²) in [4.78, 5) is 26.6. The van der Waals surface area contributed by atoms with E-state index in [0.717, 1.165) is 29.8 Å². The van der Waals surface area contributed by atoms with Gasteiger partial charge in [0.25, 0.3) is 0 Å². The second-order valence-electron chi connectivity index (χ2n) is 6.89. The fourth-order valence-electron chi connectivity index (χ4n) is 3.82. The SMILES string of the molecule is O=C(NCCc1cccc(Cl)c1)[C@H]1CCC(=O)N(C2CCCC2)C1. The van der Waals surface area contributed by atoms with Gasteiger partial charge in [-0.15, -0.1) is 0 Å². The van der Waals surface area contributed by atoms with Crippen LogP contribution in [0.1, 0.15) is 44.1 Å². The number of nitrogens with one attached hydrogen (secondary N) is 1. The Bertz CT molecular complexity index is 599.